The van der Waals surface area contributed by atoms with Gasteiger partial charge in [0.2, 0.25) is 0 Å². The van der Waals surface area contributed by atoms with Gasteiger partial charge in [-0.1, -0.05) is 28.1 Å². The topological polar surface area (TPSA) is 35.2 Å². The van der Waals surface area contributed by atoms with Gasteiger partial charge >= 0.3 is 0 Å². The molecule has 2 N–H and O–H groups in total. The van der Waals surface area contributed by atoms with Gasteiger partial charge in [-0.05, 0) is 48.7 Å². The second-order valence-electron chi connectivity index (χ2n) is 4.79. The average Bonchev–Trinajstić information content (AvgIpc) is 2.41. The van der Waals surface area contributed by atoms with E-state index in [1.54, 1.807) is 12.1 Å². The average molecular weight is 338 g/mol. The first-order chi connectivity index (χ1) is 9.45. The van der Waals surface area contributed by atoms with Crippen LogP contribution in [0, 0.1) is 19.7 Å². The molecule has 0 aliphatic heterocycles. The van der Waals surface area contributed by atoms with Crippen molar-refractivity contribution in [1.82, 2.24) is 0 Å². The normalized spacial score (nSPS) is 12.3. The van der Waals surface area contributed by atoms with Crippen molar-refractivity contribution in [1.29, 1.82) is 0 Å². The molecule has 0 aliphatic carbocycles. The third-order valence-corrected chi connectivity index (χ3v) is 4.28. The van der Waals surface area contributed by atoms with E-state index in [2.05, 4.69) is 15.9 Å². The van der Waals surface area contributed by atoms with Gasteiger partial charge in [0.1, 0.15) is 11.6 Å². The number of methoxy groups -OCH3 is 1. The fourth-order valence-electron chi connectivity index (χ4n) is 2.29. The van der Waals surface area contributed by atoms with E-state index >= 15 is 0 Å². The van der Waals surface area contributed by atoms with Crippen molar-refractivity contribution in [2.75, 3.05) is 7.11 Å². The van der Waals surface area contributed by atoms with Gasteiger partial charge in [-0.15, -0.1) is 0 Å². The molecule has 0 radical (unpaired) electrons. The molecule has 0 aliphatic rings. The SMILES string of the molecule is COc1cccc(F)c1C(N)c1cc(C)c(Br)cc1C. The minimum Gasteiger partial charge on any atom is -0.496 e. The molecule has 0 heterocycles. The van der Waals surface area contributed by atoms with Gasteiger partial charge in [-0.2, -0.15) is 0 Å². The Hall–Kier alpha value is -1.39. The molecule has 4 heteroatoms. The Bertz CT molecular complexity index is 643. The zero-order valence-corrected chi connectivity index (χ0v) is 13.3. The van der Waals surface area contributed by atoms with Gasteiger partial charge in [0, 0.05) is 4.47 Å². The number of hydrogen-bond acceptors (Lipinski definition) is 2. The quantitative estimate of drug-likeness (QED) is 0.907. The molecule has 0 bridgehead atoms. The first-order valence-electron chi connectivity index (χ1n) is 6.30. The largest absolute Gasteiger partial charge is 0.496 e. The number of aryl methyl sites for hydroxylation is 2. The first-order valence-corrected chi connectivity index (χ1v) is 7.09. The molecule has 0 spiro atoms. The molecule has 20 heavy (non-hydrogen) atoms. The van der Waals surface area contributed by atoms with E-state index in [4.69, 9.17) is 10.5 Å². The standard InChI is InChI=1S/C16H17BrFNO/c1-9-8-12(17)10(2)7-11(9)16(19)15-13(18)5-4-6-14(15)20-3/h4-8,16H,19H2,1-3H3. The molecule has 2 aromatic carbocycles. The highest BCUT2D eigenvalue weighted by Gasteiger charge is 2.20. The van der Waals surface area contributed by atoms with Crippen molar-refractivity contribution in [3.63, 3.8) is 0 Å². The van der Waals surface area contributed by atoms with Crippen LogP contribution in [0.3, 0.4) is 0 Å². The van der Waals surface area contributed by atoms with Crippen molar-refractivity contribution in [2.45, 2.75) is 19.9 Å². The maximum absolute atomic E-state index is 14.1. The Labute approximate surface area is 126 Å². The smallest absolute Gasteiger partial charge is 0.132 e. The lowest BCUT2D eigenvalue weighted by atomic mass is 9.93. The van der Waals surface area contributed by atoms with E-state index in [1.165, 1.54) is 13.2 Å². The molecule has 106 valence electrons. The highest BCUT2D eigenvalue weighted by molar-refractivity contribution is 9.10. The van der Waals surface area contributed by atoms with E-state index in [1.807, 2.05) is 26.0 Å². The van der Waals surface area contributed by atoms with Crippen LogP contribution in [0.4, 0.5) is 4.39 Å². The van der Waals surface area contributed by atoms with Gasteiger partial charge in [0.25, 0.3) is 0 Å². The lowest BCUT2D eigenvalue weighted by Crippen LogP contribution is -2.16. The molecule has 1 atom stereocenters. The van der Waals surface area contributed by atoms with Crippen LogP contribution in [0.15, 0.2) is 34.8 Å². The molecular weight excluding hydrogens is 321 g/mol. The van der Waals surface area contributed by atoms with Crippen molar-refractivity contribution < 1.29 is 9.13 Å². The maximum Gasteiger partial charge on any atom is 0.132 e. The fraction of sp³-hybridized carbons (Fsp3) is 0.250. The first kappa shape index (κ1) is 15.0. The van der Waals surface area contributed by atoms with E-state index in [0.717, 1.165) is 21.2 Å². The highest BCUT2D eigenvalue weighted by Crippen LogP contribution is 2.33. The molecule has 2 nitrogen and oxygen atoms in total. The third-order valence-electron chi connectivity index (χ3n) is 3.43. The zero-order valence-electron chi connectivity index (χ0n) is 11.7. The van der Waals surface area contributed by atoms with Gasteiger partial charge in [0.05, 0.1) is 18.7 Å². The molecule has 2 aromatic rings. The molecule has 0 saturated carbocycles. The number of benzene rings is 2. The molecule has 0 amide bonds. The molecule has 2 rings (SSSR count). The van der Waals surface area contributed by atoms with Crippen LogP contribution in [-0.2, 0) is 0 Å². The minimum atomic E-state index is -0.557. The third kappa shape index (κ3) is 2.72. The minimum absolute atomic E-state index is 0.350. The van der Waals surface area contributed by atoms with Crippen LogP contribution in [0.2, 0.25) is 0 Å². The number of nitrogens with two attached hydrogens (primary N) is 1. The Morgan fingerprint density at radius 1 is 1.20 bits per heavy atom. The van der Waals surface area contributed by atoms with Crippen LogP contribution in [0.5, 0.6) is 5.75 Å². The van der Waals surface area contributed by atoms with Crippen LogP contribution >= 0.6 is 15.9 Å². The Morgan fingerprint density at radius 3 is 2.55 bits per heavy atom. The second-order valence-corrected chi connectivity index (χ2v) is 5.65. The highest BCUT2D eigenvalue weighted by atomic mass is 79.9. The van der Waals surface area contributed by atoms with Gasteiger partial charge < -0.3 is 10.5 Å². The van der Waals surface area contributed by atoms with Crippen molar-refractivity contribution in [3.05, 3.63) is 62.9 Å². The summed E-state index contributed by atoms with van der Waals surface area (Å²) in [6.45, 7) is 3.95. The predicted molar refractivity (Wildman–Crippen MR) is 82.6 cm³/mol. The number of rotatable bonds is 3. The zero-order chi connectivity index (χ0) is 14.9. The predicted octanol–water partition coefficient (Wildman–Crippen LogP) is 4.26. The molecule has 0 saturated heterocycles. The lowest BCUT2D eigenvalue weighted by molar-refractivity contribution is 0.402. The Balaban J connectivity index is 2.57. The number of hydrogen-bond donors (Lipinski definition) is 1. The summed E-state index contributed by atoms with van der Waals surface area (Å²) in [5.74, 6) is 0.120. The van der Waals surface area contributed by atoms with Gasteiger partial charge in [-0.25, -0.2) is 4.39 Å². The van der Waals surface area contributed by atoms with Crippen LogP contribution in [-0.4, -0.2) is 7.11 Å². The van der Waals surface area contributed by atoms with Crippen molar-refractivity contribution in [2.24, 2.45) is 5.73 Å². The molecule has 0 fully saturated rings. The Kier molecular flexibility index (Phi) is 4.45. The van der Waals surface area contributed by atoms with Gasteiger partial charge in [-0.3, -0.25) is 0 Å². The summed E-state index contributed by atoms with van der Waals surface area (Å²) in [7, 11) is 1.52. The molecule has 0 aromatic heterocycles. The Morgan fingerprint density at radius 2 is 1.90 bits per heavy atom. The lowest BCUT2D eigenvalue weighted by Gasteiger charge is -2.19. The monoisotopic (exact) mass is 337 g/mol. The van der Waals surface area contributed by atoms with Crippen LogP contribution in [0.1, 0.15) is 28.3 Å². The van der Waals surface area contributed by atoms with E-state index < -0.39 is 6.04 Å². The molecular formula is C16H17BrFNO. The summed E-state index contributed by atoms with van der Waals surface area (Å²) in [6.07, 6.45) is 0. The summed E-state index contributed by atoms with van der Waals surface area (Å²) in [5.41, 5.74) is 9.64. The van der Waals surface area contributed by atoms with Crippen LogP contribution in [0.25, 0.3) is 0 Å². The summed E-state index contributed by atoms with van der Waals surface area (Å²) in [5, 5.41) is 0. The second kappa shape index (κ2) is 5.94. The van der Waals surface area contributed by atoms with Crippen LogP contribution < -0.4 is 10.5 Å². The van der Waals surface area contributed by atoms with Crippen molar-refractivity contribution >= 4 is 15.9 Å². The number of halogens is 2. The summed E-state index contributed by atoms with van der Waals surface area (Å²) in [6, 6.07) is 8.16. The van der Waals surface area contributed by atoms with E-state index in [9.17, 15) is 4.39 Å². The van der Waals surface area contributed by atoms with E-state index in [0.29, 0.717) is 11.3 Å². The summed E-state index contributed by atoms with van der Waals surface area (Å²) in [4.78, 5) is 0. The van der Waals surface area contributed by atoms with E-state index in [-0.39, 0.29) is 5.82 Å². The maximum atomic E-state index is 14.1. The number of ether oxygens (including phenoxy) is 1. The van der Waals surface area contributed by atoms with Gasteiger partial charge in [0.15, 0.2) is 0 Å². The van der Waals surface area contributed by atoms with Crippen molar-refractivity contribution in [3.8, 4) is 5.75 Å². The fourth-order valence-corrected chi connectivity index (χ4v) is 2.75. The summed E-state index contributed by atoms with van der Waals surface area (Å²) < 4.78 is 20.4. The molecule has 1 unspecified atom stereocenters. The summed E-state index contributed by atoms with van der Waals surface area (Å²) >= 11 is 3.49.